The van der Waals surface area contributed by atoms with Crippen molar-refractivity contribution in [2.45, 2.75) is 77.2 Å². The minimum atomic E-state index is -0.780. The van der Waals surface area contributed by atoms with Crippen LogP contribution in [0.25, 0.3) is 0 Å². The van der Waals surface area contributed by atoms with Crippen molar-refractivity contribution in [3.8, 4) is 11.8 Å². The maximum atomic E-state index is 11.5. The number of nitrogens with one attached hydrogen (secondary N) is 1. The molecule has 0 radical (unpaired) electrons. The molecule has 1 aliphatic rings. The van der Waals surface area contributed by atoms with Crippen molar-refractivity contribution >= 4 is 0 Å². The van der Waals surface area contributed by atoms with E-state index in [-0.39, 0.29) is 0 Å². The van der Waals surface area contributed by atoms with Crippen molar-refractivity contribution in [2.75, 3.05) is 19.6 Å². The molecule has 1 aliphatic carbocycles. The third kappa shape index (κ3) is 6.15. The topological polar surface area (TPSA) is 24.7 Å². The fraction of sp³-hybridized carbons (Fsp3) is 0.667. The van der Waals surface area contributed by atoms with E-state index in [2.05, 4.69) is 37.8 Å². The van der Waals surface area contributed by atoms with Crippen molar-refractivity contribution in [3.05, 3.63) is 35.9 Å². The second-order valence-corrected chi connectivity index (χ2v) is 7.94. The van der Waals surface area contributed by atoms with Crippen LogP contribution < -0.4 is 4.90 Å². The van der Waals surface area contributed by atoms with Gasteiger partial charge in [0, 0.05) is 6.42 Å². The molecule has 0 saturated heterocycles. The fourth-order valence-electron chi connectivity index (χ4n) is 4.15. The van der Waals surface area contributed by atoms with E-state index >= 15 is 0 Å². The van der Waals surface area contributed by atoms with Gasteiger partial charge in [-0.25, -0.2) is 0 Å². The first-order valence-corrected chi connectivity index (χ1v) is 10.8. The summed E-state index contributed by atoms with van der Waals surface area (Å²) in [5.74, 6) is 7.12. The summed E-state index contributed by atoms with van der Waals surface area (Å²) >= 11 is 0. The van der Waals surface area contributed by atoms with Crippen molar-refractivity contribution in [1.82, 2.24) is 0 Å². The minimum absolute atomic E-state index is 0.350. The molecule has 0 aliphatic heterocycles. The standard InChI is InChI=1S/C24H37NO/c1-3-5-19-25(20-6-4-2)21-13-12-18-24(26,23-16-10-11-17-23)22-14-8-7-9-15-22/h7-9,14-15,23,26H,3-6,10-11,16-21H2,1-2H3/p+1/t24-/m1/s1. The molecule has 26 heavy (non-hydrogen) atoms. The van der Waals surface area contributed by atoms with Gasteiger partial charge in [-0.2, -0.15) is 0 Å². The number of hydrogen-bond donors (Lipinski definition) is 2. The molecule has 0 amide bonds. The molecule has 1 aromatic carbocycles. The Labute approximate surface area is 161 Å². The molecule has 0 aromatic heterocycles. The highest BCUT2D eigenvalue weighted by atomic mass is 16.3. The lowest BCUT2D eigenvalue weighted by molar-refractivity contribution is -0.893. The Morgan fingerprint density at radius 1 is 1.00 bits per heavy atom. The molecular weight excluding hydrogens is 318 g/mol. The van der Waals surface area contributed by atoms with Crippen LogP contribution in [0.2, 0.25) is 0 Å². The molecule has 2 heteroatoms. The highest BCUT2D eigenvalue weighted by Crippen LogP contribution is 2.42. The maximum Gasteiger partial charge on any atom is 0.139 e. The van der Waals surface area contributed by atoms with Crippen LogP contribution in [0.5, 0.6) is 0 Å². The van der Waals surface area contributed by atoms with E-state index in [1.807, 2.05) is 18.2 Å². The van der Waals surface area contributed by atoms with Gasteiger partial charge in [0.2, 0.25) is 0 Å². The summed E-state index contributed by atoms with van der Waals surface area (Å²) in [5.41, 5.74) is 0.264. The van der Waals surface area contributed by atoms with Crippen molar-refractivity contribution in [1.29, 1.82) is 0 Å². The first-order chi connectivity index (χ1) is 12.7. The molecule has 0 heterocycles. The Bertz CT molecular complexity index is 545. The lowest BCUT2D eigenvalue weighted by Crippen LogP contribution is -3.12. The van der Waals surface area contributed by atoms with Crippen LogP contribution in [-0.4, -0.2) is 24.7 Å². The molecule has 0 bridgehead atoms. The van der Waals surface area contributed by atoms with E-state index in [9.17, 15) is 5.11 Å². The third-order valence-electron chi connectivity index (χ3n) is 5.89. The van der Waals surface area contributed by atoms with Crippen molar-refractivity contribution < 1.29 is 10.0 Å². The number of hydrogen-bond acceptors (Lipinski definition) is 1. The molecular formula is C24H38NO+. The predicted octanol–water partition coefficient (Wildman–Crippen LogP) is 3.94. The van der Waals surface area contributed by atoms with Crippen LogP contribution in [0, 0.1) is 17.8 Å². The summed E-state index contributed by atoms with van der Waals surface area (Å²) < 4.78 is 0. The molecule has 2 rings (SSSR count). The highest BCUT2D eigenvalue weighted by Gasteiger charge is 2.39. The number of rotatable bonds is 10. The zero-order chi connectivity index (χ0) is 18.7. The SMILES string of the molecule is CCCC[NH+](CC#CC[C@@](O)(c1ccccc1)C1CCCC1)CCCC. The van der Waals surface area contributed by atoms with Crippen molar-refractivity contribution in [3.63, 3.8) is 0 Å². The van der Waals surface area contributed by atoms with Gasteiger partial charge in [-0.05, 0) is 43.1 Å². The molecule has 2 nitrogen and oxygen atoms in total. The zero-order valence-electron chi connectivity index (χ0n) is 16.9. The first-order valence-electron chi connectivity index (χ1n) is 10.8. The largest absolute Gasteiger partial charge is 0.384 e. The summed E-state index contributed by atoms with van der Waals surface area (Å²) in [5, 5.41) is 11.5. The monoisotopic (exact) mass is 356 g/mol. The van der Waals surface area contributed by atoms with E-state index in [4.69, 9.17) is 0 Å². The van der Waals surface area contributed by atoms with Gasteiger partial charge in [-0.1, -0.05) is 75.8 Å². The first kappa shape index (κ1) is 21.0. The Balaban J connectivity index is 2.01. The molecule has 0 spiro atoms. The minimum Gasteiger partial charge on any atom is -0.384 e. The maximum absolute atomic E-state index is 11.5. The Kier molecular flexibility index (Phi) is 9.23. The quantitative estimate of drug-likeness (QED) is 0.610. The number of benzene rings is 1. The van der Waals surface area contributed by atoms with Gasteiger partial charge in [0.1, 0.15) is 12.1 Å². The second-order valence-electron chi connectivity index (χ2n) is 7.94. The summed E-state index contributed by atoms with van der Waals surface area (Å²) in [7, 11) is 0. The normalized spacial score (nSPS) is 17.1. The highest BCUT2D eigenvalue weighted by molar-refractivity contribution is 5.26. The second kappa shape index (κ2) is 11.4. The van der Waals surface area contributed by atoms with Crippen LogP contribution in [0.15, 0.2) is 30.3 Å². The van der Waals surface area contributed by atoms with Crippen molar-refractivity contribution in [2.24, 2.45) is 5.92 Å². The summed E-state index contributed by atoms with van der Waals surface area (Å²) in [6, 6.07) is 10.2. The summed E-state index contributed by atoms with van der Waals surface area (Å²) in [4.78, 5) is 1.60. The van der Waals surface area contributed by atoms with Gasteiger partial charge in [0.05, 0.1) is 13.1 Å². The molecule has 2 N–H and O–H groups in total. The van der Waals surface area contributed by atoms with E-state index in [1.165, 1.54) is 51.6 Å². The molecule has 1 aromatic rings. The smallest absolute Gasteiger partial charge is 0.139 e. The van der Waals surface area contributed by atoms with Crippen LogP contribution in [0.4, 0.5) is 0 Å². The Hall–Kier alpha value is -1.30. The Morgan fingerprint density at radius 3 is 2.19 bits per heavy atom. The van der Waals surface area contributed by atoms with Gasteiger partial charge in [-0.3, -0.25) is 0 Å². The van der Waals surface area contributed by atoms with E-state index < -0.39 is 5.60 Å². The van der Waals surface area contributed by atoms with E-state index in [0.29, 0.717) is 12.3 Å². The molecule has 1 saturated carbocycles. The molecule has 0 unspecified atom stereocenters. The van der Waals surface area contributed by atoms with Gasteiger partial charge >= 0.3 is 0 Å². The van der Waals surface area contributed by atoms with E-state index in [0.717, 1.165) is 24.9 Å². The molecule has 1 atom stereocenters. The fourth-order valence-corrected chi connectivity index (χ4v) is 4.15. The molecule has 144 valence electrons. The zero-order valence-corrected chi connectivity index (χ0v) is 16.9. The van der Waals surface area contributed by atoms with Crippen LogP contribution in [-0.2, 0) is 5.60 Å². The third-order valence-corrected chi connectivity index (χ3v) is 5.89. The van der Waals surface area contributed by atoms with E-state index in [1.54, 1.807) is 4.90 Å². The van der Waals surface area contributed by atoms with Crippen LogP contribution in [0.3, 0.4) is 0 Å². The summed E-state index contributed by atoms with van der Waals surface area (Å²) in [6.45, 7) is 7.86. The lowest BCUT2D eigenvalue weighted by Gasteiger charge is -2.33. The lowest BCUT2D eigenvalue weighted by atomic mass is 9.78. The average molecular weight is 357 g/mol. The average Bonchev–Trinajstić information content (AvgIpc) is 3.22. The molecule has 1 fully saturated rings. The predicted molar refractivity (Wildman–Crippen MR) is 110 cm³/mol. The number of quaternary nitrogens is 1. The van der Waals surface area contributed by atoms with Crippen LogP contribution in [0.1, 0.15) is 77.2 Å². The summed E-state index contributed by atoms with van der Waals surface area (Å²) in [6.07, 6.45) is 10.3. The van der Waals surface area contributed by atoms with Gasteiger partial charge < -0.3 is 10.0 Å². The Morgan fingerprint density at radius 2 is 1.62 bits per heavy atom. The number of unbranched alkanes of at least 4 members (excludes halogenated alkanes) is 2. The van der Waals surface area contributed by atoms with Gasteiger partial charge in [0.25, 0.3) is 0 Å². The van der Waals surface area contributed by atoms with Crippen LogP contribution >= 0.6 is 0 Å². The number of aliphatic hydroxyl groups is 1. The van der Waals surface area contributed by atoms with Gasteiger partial charge in [-0.15, -0.1) is 0 Å². The van der Waals surface area contributed by atoms with Gasteiger partial charge in [0.15, 0.2) is 0 Å².